The zero-order valence-electron chi connectivity index (χ0n) is 23.5. The van der Waals surface area contributed by atoms with Crippen molar-refractivity contribution < 1.29 is 9.47 Å². The first-order chi connectivity index (χ1) is 17.3. The molecule has 202 valence electrons. The highest BCUT2D eigenvalue weighted by Crippen LogP contribution is 2.60. The lowest BCUT2D eigenvalue weighted by molar-refractivity contribution is 0.0756. The summed E-state index contributed by atoms with van der Waals surface area (Å²) in [5, 5.41) is 5.16. The Morgan fingerprint density at radius 3 is 2.41 bits per heavy atom. The number of halogens is 1. The van der Waals surface area contributed by atoms with Crippen LogP contribution in [0.1, 0.15) is 24.6 Å². The molecule has 3 aromatic rings. The number of nitrogens with zero attached hydrogens (tertiary/aromatic N) is 5. The molecule has 10 heteroatoms. The van der Waals surface area contributed by atoms with Crippen LogP contribution in [0.25, 0.3) is 22.7 Å². The van der Waals surface area contributed by atoms with Gasteiger partial charge in [-0.2, -0.15) is 5.10 Å². The Labute approximate surface area is 231 Å². The van der Waals surface area contributed by atoms with Crippen molar-refractivity contribution >= 4 is 43.2 Å². The minimum Gasteiger partial charge on any atom is -0.361 e. The average molecular weight is 605 g/mol. The Morgan fingerprint density at radius 2 is 1.73 bits per heavy atom. The van der Waals surface area contributed by atoms with E-state index in [1.165, 1.54) is 17.7 Å². The van der Waals surface area contributed by atoms with Crippen LogP contribution in [0.3, 0.4) is 0 Å². The van der Waals surface area contributed by atoms with Crippen LogP contribution in [0.4, 0.5) is 0 Å². The number of hydrogen-bond acceptors (Lipinski definition) is 5. The first-order valence-corrected chi connectivity index (χ1v) is 21.8. The monoisotopic (exact) mass is 603 g/mol. The van der Waals surface area contributed by atoms with E-state index >= 15 is 0 Å². The number of ether oxygens (including phenoxy) is 2. The summed E-state index contributed by atoms with van der Waals surface area (Å²) in [6.07, 6.45) is 5.23. The van der Waals surface area contributed by atoms with Gasteiger partial charge in [0.2, 0.25) is 0 Å². The molecule has 0 saturated heterocycles. The Morgan fingerprint density at radius 1 is 1.05 bits per heavy atom. The summed E-state index contributed by atoms with van der Waals surface area (Å²) < 4.78 is 17.6. The number of rotatable bonds is 11. The molecule has 3 aromatic heterocycles. The molecule has 3 heterocycles. The topological polar surface area (TPSA) is 67.0 Å². The van der Waals surface area contributed by atoms with Crippen LogP contribution >= 0.6 is 15.9 Å². The van der Waals surface area contributed by atoms with Gasteiger partial charge in [0.05, 0.1) is 5.52 Å². The third-order valence-corrected chi connectivity index (χ3v) is 11.8. The van der Waals surface area contributed by atoms with Gasteiger partial charge in [-0.3, -0.25) is 4.57 Å². The highest BCUT2D eigenvalue weighted by Gasteiger charge is 2.54. The van der Waals surface area contributed by atoms with Gasteiger partial charge in [-0.1, -0.05) is 46.2 Å². The SMILES string of the molecule is C[C@@]12Cc3c(c(-c4nc5ncc(Br)cc5n4COCC[Si](C)(C)C)nn3COCC[Si](C)(C)C)C[C@@H]1C2. The van der Waals surface area contributed by atoms with Gasteiger partial charge in [0.15, 0.2) is 11.5 Å². The molecule has 0 aliphatic heterocycles. The second kappa shape index (κ2) is 10.0. The van der Waals surface area contributed by atoms with E-state index in [9.17, 15) is 0 Å². The average Bonchev–Trinajstić information content (AvgIpc) is 3.16. The maximum Gasteiger partial charge on any atom is 0.178 e. The quantitative estimate of drug-likeness (QED) is 0.178. The van der Waals surface area contributed by atoms with Gasteiger partial charge in [0, 0.05) is 51.3 Å². The van der Waals surface area contributed by atoms with E-state index in [2.05, 4.69) is 82.4 Å². The zero-order valence-corrected chi connectivity index (χ0v) is 27.1. The van der Waals surface area contributed by atoms with Crippen molar-refractivity contribution in [1.82, 2.24) is 24.3 Å². The number of imidazole rings is 1. The van der Waals surface area contributed by atoms with Crippen molar-refractivity contribution in [2.75, 3.05) is 13.2 Å². The molecule has 0 aromatic carbocycles. The Balaban J connectivity index is 1.48. The van der Waals surface area contributed by atoms with Gasteiger partial charge in [0.25, 0.3) is 0 Å². The highest BCUT2D eigenvalue weighted by atomic mass is 79.9. The molecule has 7 nitrogen and oxygen atoms in total. The molecule has 37 heavy (non-hydrogen) atoms. The van der Waals surface area contributed by atoms with Crippen LogP contribution in [0.5, 0.6) is 0 Å². The predicted molar refractivity (Wildman–Crippen MR) is 158 cm³/mol. The lowest BCUT2D eigenvalue weighted by Crippen LogP contribution is -2.23. The van der Waals surface area contributed by atoms with Crippen molar-refractivity contribution in [2.45, 2.75) is 91.0 Å². The van der Waals surface area contributed by atoms with Crippen LogP contribution in [0.15, 0.2) is 16.7 Å². The summed E-state index contributed by atoms with van der Waals surface area (Å²) in [4.78, 5) is 9.62. The minimum atomic E-state index is -1.17. The number of fused-ring (bicyclic) bond motifs is 3. The molecule has 5 rings (SSSR count). The minimum absolute atomic E-state index is 0.410. The van der Waals surface area contributed by atoms with Crippen molar-refractivity contribution in [1.29, 1.82) is 0 Å². The van der Waals surface area contributed by atoms with E-state index in [1.54, 1.807) is 0 Å². The third-order valence-electron chi connectivity index (χ3n) is 7.94. The molecule has 2 aliphatic carbocycles. The smallest absolute Gasteiger partial charge is 0.178 e. The van der Waals surface area contributed by atoms with E-state index in [0.29, 0.717) is 18.9 Å². The normalized spacial score (nSPS) is 21.4. The number of hydrogen-bond donors (Lipinski definition) is 0. The fourth-order valence-electron chi connectivity index (χ4n) is 5.26. The molecular formula is C27H42BrN5O2Si2. The van der Waals surface area contributed by atoms with Gasteiger partial charge in [-0.25, -0.2) is 14.6 Å². The van der Waals surface area contributed by atoms with E-state index in [1.807, 2.05) is 6.20 Å². The summed E-state index contributed by atoms with van der Waals surface area (Å²) in [6.45, 7) is 19.2. The van der Waals surface area contributed by atoms with E-state index in [4.69, 9.17) is 19.6 Å². The van der Waals surface area contributed by atoms with Gasteiger partial charge < -0.3 is 9.47 Å². The standard InChI is InChI=1S/C27H42BrN5O2Si2/c1-27-14-19(27)12-21-23(15-27)33(18-35-9-11-37(5,6)7)31-24(21)26-30-25-22(13-20(28)16-29-25)32(26)17-34-8-10-36(2,3)4/h13,16,19H,8-12,14-15,17-18H2,1-7H3/t19-,27-/m1/s1. The summed E-state index contributed by atoms with van der Waals surface area (Å²) in [6, 6.07) is 4.38. The van der Waals surface area contributed by atoms with Crippen molar-refractivity contribution in [3.8, 4) is 11.5 Å². The number of pyridine rings is 1. The first kappa shape index (κ1) is 27.2. The zero-order chi connectivity index (χ0) is 26.6. The Bertz CT molecular complexity index is 1290. The van der Waals surface area contributed by atoms with E-state index in [0.717, 1.165) is 71.2 Å². The van der Waals surface area contributed by atoms with Crippen molar-refractivity contribution in [3.63, 3.8) is 0 Å². The molecule has 0 bridgehead atoms. The van der Waals surface area contributed by atoms with Gasteiger partial charge >= 0.3 is 0 Å². The van der Waals surface area contributed by atoms with Crippen LogP contribution in [0, 0.1) is 11.3 Å². The largest absolute Gasteiger partial charge is 0.361 e. The lowest BCUT2D eigenvalue weighted by atomic mass is 9.87. The third kappa shape index (κ3) is 6.13. The molecule has 0 unspecified atom stereocenters. The summed E-state index contributed by atoms with van der Waals surface area (Å²) >= 11 is 3.60. The first-order valence-electron chi connectivity index (χ1n) is 13.6. The second-order valence-corrected chi connectivity index (χ2v) is 25.9. The summed E-state index contributed by atoms with van der Waals surface area (Å²) in [5.74, 6) is 1.59. The maximum atomic E-state index is 6.23. The van der Waals surface area contributed by atoms with Crippen LogP contribution in [-0.2, 0) is 35.8 Å². The van der Waals surface area contributed by atoms with Crippen LogP contribution < -0.4 is 0 Å². The second-order valence-electron chi connectivity index (χ2n) is 13.8. The lowest BCUT2D eigenvalue weighted by Gasteiger charge is -2.20. The van der Waals surface area contributed by atoms with Gasteiger partial charge in [-0.05, 0) is 64.7 Å². The molecule has 1 saturated carbocycles. The van der Waals surface area contributed by atoms with E-state index < -0.39 is 16.1 Å². The molecule has 0 spiro atoms. The van der Waals surface area contributed by atoms with Crippen LogP contribution in [-0.4, -0.2) is 53.7 Å². The fraction of sp³-hybridized carbons (Fsp3) is 0.667. The maximum absolute atomic E-state index is 6.23. The van der Waals surface area contributed by atoms with Crippen molar-refractivity contribution in [2.24, 2.45) is 11.3 Å². The van der Waals surface area contributed by atoms with Gasteiger partial charge in [0.1, 0.15) is 19.2 Å². The predicted octanol–water partition coefficient (Wildman–Crippen LogP) is 6.81. The highest BCUT2D eigenvalue weighted by molar-refractivity contribution is 9.10. The molecular weight excluding hydrogens is 562 g/mol. The molecule has 0 amide bonds. The Hall–Kier alpha value is -1.34. The van der Waals surface area contributed by atoms with Crippen LogP contribution in [0.2, 0.25) is 51.4 Å². The molecule has 2 atom stereocenters. The van der Waals surface area contributed by atoms with Gasteiger partial charge in [-0.15, -0.1) is 0 Å². The summed E-state index contributed by atoms with van der Waals surface area (Å²) in [7, 11) is -2.31. The molecule has 1 fully saturated rings. The molecule has 0 N–H and O–H groups in total. The molecule has 0 radical (unpaired) electrons. The Kier molecular flexibility index (Phi) is 7.36. The summed E-state index contributed by atoms with van der Waals surface area (Å²) in [5.41, 5.74) is 5.75. The molecule has 2 aliphatic rings. The van der Waals surface area contributed by atoms with Crippen molar-refractivity contribution in [3.05, 3.63) is 28.0 Å². The number of aromatic nitrogens is 5. The van der Waals surface area contributed by atoms with E-state index in [-0.39, 0.29) is 0 Å². The fourth-order valence-corrected chi connectivity index (χ4v) is 7.09.